The number of nitrogens with one attached hydrogen (secondary N) is 2. The van der Waals surface area contributed by atoms with Gasteiger partial charge in [0.05, 0.1) is 13.2 Å². The van der Waals surface area contributed by atoms with Gasteiger partial charge in [-0.05, 0) is 48.2 Å². The van der Waals surface area contributed by atoms with Crippen LogP contribution in [0.3, 0.4) is 0 Å². The minimum absolute atomic E-state index is 0.755. The van der Waals surface area contributed by atoms with Gasteiger partial charge in [0.1, 0.15) is 0 Å². The van der Waals surface area contributed by atoms with Gasteiger partial charge >= 0.3 is 0 Å². The van der Waals surface area contributed by atoms with Crippen molar-refractivity contribution >= 4 is 5.96 Å². The molecule has 0 bridgehead atoms. The molecule has 6 heteroatoms. The first-order valence-corrected chi connectivity index (χ1v) is 12.4. The Hall–Kier alpha value is -2.41. The molecule has 2 aromatic carbocycles. The van der Waals surface area contributed by atoms with Crippen LogP contribution in [0.4, 0.5) is 0 Å². The molecule has 33 heavy (non-hydrogen) atoms. The van der Waals surface area contributed by atoms with E-state index in [1.54, 1.807) is 0 Å². The van der Waals surface area contributed by atoms with Gasteiger partial charge in [0.25, 0.3) is 0 Å². The Morgan fingerprint density at radius 1 is 0.758 bits per heavy atom. The maximum Gasteiger partial charge on any atom is 0.191 e. The summed E-state index contributed by atoms with van der Waals surface area (Å²) in [6.07, 6.45) is 4.06. The molecule has 0 saturated carbocycles. The molecule has 2 aliphatic rings. The highest BCUT2D eigenvalue weighted by molar-refractivity contribution is 5.79. The summed E-state index contributed by atoms with van der Waals surface area (Å²) in [5, 5.41) is 6.89. The van der Waals surface area contributed by atoms with E-state index in [1.165, 1.54) is 54.6 Å². The largest absolute Gasteiger partial charge is 0.379 e. The topological polar surface area (TPSA) is 52.1 Å². The van der Waals surface area contributed by atoms with Gasteiger partial charge in [-0.2, -0.15) is 0 Å². The van der Waals surface area contributed by atoms with Crippen molar-refractivity contribution in [3.05, 3.63) is 70.8 Å². The van der Waals surface area contributed by atoms with Crippen LogP contribution in [0.1, 0.15) is 41.5 Å². The highest BCUT2D eigenvalue weighted by atomic mass is 16.5. The molecule has 2 saturated heterocycles. The lowest BCUT2D eigenvalue weighted by Gasteiger charge is -2.26. The van der Waals surface area contributed by atoms with E-state index in [1.807, 2.05) is 7.05 Å². The molecule has 0 aromatic heterocycles. The highest BCUT2D eigenvalue weighted by Crippen LogP contribution is 2.14. The van der Waals surface area contributed by atoms with Crippen molar-refractivity contribution < 1.29 is 4.74 Å². The van der Waals surface area contributed by atoms with E-state index in [0.717, 1.165) is 58.4 Å². The van der Waals surface area contributed by atoms with Gasteiger partial charge < -0.3 is 15.4 Å². The van der Waals surface area contributed by atoms with E-state index in [-0.39, 0.29) is 0 Å². The molecule has 2 fully saturated rings. The van der Waals surface area contributed by atoms with Gasteiger partial charge in [0.2, 0.25) is 0 Å². The van der Waals surface area contributed by atoms with Crippen LogP contribution in [0, 0.1) is 0 Å². The zero-order chi connectivity index (χ0) is 22.7. The number of ether oxygens (including phenoxy) is 1. The molecule has 0 amide bonds. The first kappa shape index (κ1) is 23.7. The van der Waals surface area contributed by atoms with E-state index >= 15 is 0 Å². The second-order valence-electron chi connectivity index (χ2n) is 9.14. The predicted octanol–water partition coefficient (Wildman–Crippen LogP) is 3.37. The Labute approximate surface area is 199 Å². The number of rotatable bonds is 8. The number of morpholine rings is 1. The molecular weight excluding hydrogens is 410 g/mol. The van der Waals surface area contributed by atoms with Crippen molar-refractivity contribution in [2.24, 2.45) is 4.99 Å². The standard InChI is InChI=1S/C27H39N5O/c1-28-27(29-19-23-8-10-24(11-9-23)21-31-12-3-2-4-13-31)30-20-25-6-5-7-26(18-25)22-32-14-16-33-17-15-32/h5-11,18H,2-4,12-17,19-22H2,1H3,(H2,28,29,30). The third-order valence-electron chi connectivity index (χ3n) is 6.52. The van der Waals surface area contributed by atoms with E-state index < -0.39 is 0 Å². The van der Waals surface area contributed by atoms with Crippen LogP contribution in [0.15, 0.2) is 53.5 Å². The maximum atomic E-state index is 5.46. The van der Waals surface area contributed by atoms with Crippen molar-refractivity contribution in [2.75, 3.05) is 46.4 Å². The van der Waals surface area contributed by atoms with Gasteiger partial charge in [0.15, 0.2) is 5.96 Å². The molecule has 0 aliphatic carbocycles. The lowest BCUT2D eigenvalue weighted by atomic mass is 10.1. The van der Waals surface area contributed by atoms with Crippen LogP contribution >= 0.6 is 0 Å². The first-order valence-electron chi connectivity index (χ1n) is 12.4. The zero-order valence-electron chi connectivity index (χ0n) is 20.1. The molecule has 2 aromatic rings. The zero-order valence-corrected chi connectivity index (χ0v) is 20.1. The Bertz CT molecular complexity index is 870. The Morgan fingerprint density at radius 2 is 1.36 bits per heavy atom. The molecular formula is C27H39N5O. The molecule has 0 unspecified atom stereocenters. The molecule has 4 rings (SSSR count). The number of nitrogens with zero attached hydrogens (tertiary/aromatic N) is 3. The lowest BCUT2D eigenvalue weighted by molar-refractivity contribution is 0.0342. The van der Waals surface area contributed by atoms with Crippen molar-refractivity contribution in [1.82, 2.24) is 20.4 Å². The first-order chi connectivity index (χ1) is 16.3. The highest BCUT2D eigenvalue weighted by Gasteiger charge is 2.11. The fourth-order valence-electron chi connectivity index (χ4n) is 4.59. The summed E-state index contributed by atoms with van der Waals surface area (Å²) in [7, 11) is 1.83. The number of likely N-dealkylation sites (tertiary alicyclic amines) is 1. The number of benzene rings is 2. The van der Waals surface area contributed by atoms with E-state index in [9.17, 15) is 0 Å². The average Bonchev–Trinajstić information content (AvgIpc) is 2.87. The molecule has 6 nitrogen and oxygen atoms in total. The minimum atomic E-state index is 0.755. The van der Waals surface area contributed by atoms with Crippen LogP contribution in [-0.2, 0) is 30.9 Å². The summed E-state index contributed by atoms with van der Waals surface area (Å²) in [6, 6.07) is 17.8. The van der Waals surface area contributed by atoms with E-state index in [0.29, 0.717) is 0 Å². The van der Waals surface area contributed by atoms with Crippen LogP contribution in [0.25, 0.3) is 0 Å². The molecule has 2 aliphatic heterocycles. The average molecular weight is 450 g/mol. The molecule has 2 heterocycles. The van der Waals surface area contributed by atoms with Crippen molar-refractivity contribution in [3.8, 4) is 0 Å². The van der Waals surface area contributed by atoms with E-state index in [2.05, 4.69) is 74.0 Å². The van der Waals surface area contributed by atoms with Crippen molar-refractivity contribution in [1.29, 1.82) is 0 Å². The third kappa shape index (κ3) is 7.84. The van der Waals surface area contributed by atoms with Gasteiger partial charge in [-0.3, -0.25) is 14.8 Å². The summed E-state index contributed by atoms with van der Waals surface area (Å²) in [5.74, 6) is 0.825. The maximum absolute atomic E-state index is 5.46. The minimum Gasteiger partial charge on any atom is -0.379 e. The van der Waals surface area contributed by atoms with Gasteiger partial charge in [0, 0.05) is 46.3 Å². The molecule has 2 N–H and O–H groups in total. The second-order valence-corrected chi connectivity index (χ2v) is 9.14. The van der Waals surface area contributed by atoms with E-state index in [4.69, 9.17) is 4.74 Å². The van der Waals surface area contributed by atoms with Crippen LogP contribution in [0.2, 0.25) is 0 Å². The molecule has 0 radical (unpaired) electrons. The summed E-state index contributed by atoms with van der Waals surface area (Å²) in [5.41, 5.74) is 5.29. The van der Waals surface area contributed by atoms with Crippen molar-refractivity contribution in [3.63, 3.8) is 0 Å². The molecule has 178 valence electrons. The monoisotopic (exact) mass is 449 g/mol. The SMILES string of the molecule is CN=C(NCc1ccc(CN2CCCCC2)cc1)NCc1cccc(CN2CCOCC2)c1. The molecule has 0 atom stereocenters. The van der Waals surface area contributed by atoms with Gasteiger partial charge in [-0.25, -0.2) is 0 Å². The van der Waals surface area contributed by atoms with Crippen LogP contribution in [-0.4, -0.2) is 62.2 Å². The number of aliphatic imine (C=N–C) groups is 1. The Morgan fingerprint density at radius 3 is 2.09 bits per heavy atom. The fourth-order valence-corrected chi connectivity index (χ4v) is 4.59. The molecule has 0 spiro atoms. The smallest absolute Gasteiger partial charge is 0.191 e. The fraction of sp³-hybridized carbons (Fsp3) is 0.519. The quantitative estimate of drug-likeness (QED) is 0.478. The lowest BCUT2D eigenvalue weighted by Crippen LogP contribution is -2.36. The third-order valence-corrected chi connectivity index (χ3v) is 6.52. The second kappa shape index (κ2) is 12.7. The summed E-state index contributed by atoms with van der Waals surface area (Å²) < 4.78 is 5.46. The normalized spacial score (nSPS) is 18.3. The summed E-state index contributed by atoms with van der Waals surface area (Å²) in [6.45, 7) is 9.75. The number of hydrogen-bond donors (Lipinski definition) is 2. The van der Waals surface area contributed by atoms with Gasteiger partial charge in [-0.15, -0.1) is 0 Å². The van der Waals surface area contributed by atoms with Gasteiger partial charge in [-0.1, -0.05) is 55.0 Å². The number of piperidine rings is 1. The van der Waals surface area contributed by atoms with Crippen molar-refractivity contribution in [2.45, 2.75) is 45.4 Å². The summed E-state index contributed by atoms with van der Waals surface area (Å²) in [4.78, 5) is 9.42. The predicted molar refractivity (Wildman–Crippen MR) is 135 cm³/mol. The van der Waals surface area contributed by atoms with Crippen LogP contribution in [0.5, 0.6) is 0 Å². The van der Waals surface area contributed by atoms with Crippen LogP contribution < -0.4 is 10.6 Å². The number of hydrogen-bond acceptors (Lipinski definition) is 4. The Balaban J connectivity index is 1.21. The summed E-state index contributed by atoms with van der Waals surface area (Å²) >= 11 is 0. The number of guanidine groups is 1. The Kier molecular flexibility index (Phi) is 9.16.